The second-order valence-electron chi connectivity index (χ2n) is 6.90. The zero-order chi connectivity index (χ0) is 16.9. The van der Waals surface area contributed by atoms with Crippen LogP contribution < -0.4 is 0 Å². The van der Waals surface area contributed by atoms with E-state index in [1.54, 1.807) is 0 Å². The van der Waals surface area contributed by atoms with Gasteiger partial charge in [0, 0.05) is 51.4 Å². The molecule has 130 valence electrons. The number of amides is 1. The molecule has 1 amide bonds. The van der Waals surface area contributed by atoms with Crippen molar-refractivity contribution in [1.29, 1.82) is 0 Å². The highest BCUT2D eigenvalue weighted by molar-refractivity contribution is 5.81. The minimum absolute atomic E-state index is 0.303. The number of piperazine rings is 1. The summed E-state index contributed by atoms with van der Waals surface area (Å²) in [7, 11) is 2.06. The third kappa shape index (κ3) is 3.99. The van der Waals surface area contributed by atoms with Crippen LogP contribution in [-0.2, 0) is 18.3 Å². The quantitative estimate of drug-likeness (QED) is 0.816. The van der Waals surface area contributed by atoms with Crippen molar-refractivity contribution in [2.24, 2.45) is 7.05 Å². The molecular formula is C20H29N3O. The molecule has 1 aromatic carbocycles. The molecule has 0 bridgehead atoms. The Morgan fingerprint density at radius 3 is 2.67 bits per heavy atom. The van der Waals surface area contributed by atoms with Gasteiger partial charge in [-0.25, -0.2) is 0 Å². The molecule has 1 aliphatic heterocycles. The Balaban J connectivity index is 1.49. The number of carbonyl (C=O) groups is 1. The normalized spacial score (nSPS) is 16.0. The number of hydrogen-bond donors (Lipinski definition) is 0. The summed E-state index contributed by atoms with van der Waals surface area (Å²) in [6, 6.07) is 8.65. The van der Waals surface area contributed by atoms with Crippen molar-refractivity contribution in [2.75, 3.05) is 32.7 Å². The van der Waals surface area contributed by atoms with Crippen molar-refractivity contribution in [2.45, 2.75) is 32.6 Å². The fraction of sp³-hybridized carbons (Fsp3) is 0.550. The molecule has 4 nitrogen and oxygen atoms in total. The minimum Gasteiger partial charge on any atom is -0.351 e. The molecule has 1 saturated heterocycles. The summed E-state index contributed by atoms with van der Waals surface area (Å²) < 4.78 is 2.14. The maximum Gasteiger partial charge on any atom is 0.222 e. The van der Waals surface area contributed by atoms with Gasteiger partial charge in [0.15, 0.2) is 0 Å². The lowest BCUT2D eigenvalue weighted by atomic mass is 10.1. The van der Waals surface area contributed by atoms with Crippen LogP contribution in [0.5, 0.6) is 0 Å². The lowest BCUT2D eigenvalue weighted by molar-refractivity contribution is -0.132. The van der Waals surface area contributed by atoms with Crippen LogP contribution in [0.15, 0.2) is 30.5 Å². The first kappa shape index (κ1) is 17.0. The van der Waals surface area contributed by atoms with E-state index in [4.69, 9.17) is 0 Å². The number of rotatable bonds is 6. The van der Waals surface area contributed by atoms with Gasteiger partial charge in [-0.1, -0.05) is 25.5 Å². The molecule has 0 saturated carbocycles. The molecule has 2 heterocycles. The number of nitrogens with zero attached hydrogens (tertiary/aromatic N) is 3. The van der Waals surface area contributed by atoms with Gasteiger partial charge in [0.05, 0.1) is 0 Å². The Labute approximate surface area is 145 Å². The molecular weight excluding hydrogens is 298 g/mol. The third-order valence-corrected chi connectivity index (χ3v) is 5.13. The predicted molar refractivity (Wildman–Crippen MR) is 99.2 cm³/mol. The molecule has 1 aliphatic rings. The van der Waals surface area contributed by atoms with Crippen molar-refractivity contribution >= 4 is 16.8 Å². The maximum absolute atomic E-state index is 12.5. The number of aryl methyl sites for hydroxylation is 2. The summed E-state index contributed by atoms with van der Waals surface area (Å²) in [5.41, 5.74) is 2.49. The van der Waals surface area contributed by atoms with E-state index in [0.29, 0.717) is 12.3 Å². The smallest absolute Gasteiger partial charge is 0.222 e. The number of carbonyl (C=O) groups excluding carboxylic acids is 1. The van der Waals surface area contributed by atoms with Crippen LogP contribution in [0, 0.1) is 0 Å². The van der Waals surface area contributed by atoms with Gasteiger partial charge in [-0.3, -0.25) is 9.69 Å². The van der Waals surface area contributed by atoms with E-state index in [9.17, 15) is 4.79 Å². The Hall–Kier alpha value is -1.81. The zero-order valence-corrected chi connectivity index (χ0v) is 15.0. The summed E-state index contributed by atoms with van der Waals surface area (Å²) in [6.45, 7) is 7.24. The minimum atomic E-state index is 0.303. The lowest BCUT2D eigenvalue weighted by Gasteiger charge is -2.34. The largest absolute Gasteiger partial charge is 0.351 e. The third-order valence-electron chi connectivity index (χ3n) is 5.13. The van der Waals surface area contributed by atoms with Gasteiger partial charge >= 0.3 is 0 Å². The lowest BCUT2D eigenvalue weighted by Crippen LogP contribution is -2.48. The molecule has 0 spiro atoms. The van der Waals surface area contributed by atoms with E-state index in [1.165, 1.54) is 35.9 Å². The number of aromatic nitrogens is 1. The van der Waals surface area contributed by atoms with Crippen LogP contribution in [0.25, 0.3) is 10.9 Å². The molecule has 0 radical (unpaired) electrons. The Morgan fingerprint density at radius 1 is 1.12 bits per heavy atom. The Bertz CT molecular complexity index is 683. The molecule has 0 atom stereocenters. The average Bonchev–Trinajstić information content (AvgIpc) is 2.99. The SMILES string of the molecule is CCCCN1CCN(C(=O)CCc2ccc3ccn(C)c3c2)CC1. The van der Waals surface area contributed by atoms with E-state index in [2.05, 4.69) is 53.9 Å². The number of fused-ring (bicyclic) bond motifs is 1. The molecule has 0 N–H and O–H groups in total. The summed E-state index contributed by atoms with van der Waals surface area (Å²) in [4.78, 5) is 17.0. The number of unbranched alkanes of at least 4 members (excludes halogenated alkanes) is 1. The zero-order valence-electron chi connectivity index (χ0n) is 15.0. The van der Waals surface area contributed by atoms with Gasteiger partial charge in [0.25, 0.3) is 0 Å². The molecule has 0 unspecified atom stereocenters. The highest BCUT2D eigenvalue weighted by Crippen LogP contribution is 2.18. The van der Waals surface area contributed by atoms with Gasteiger partial charge in [-0.2, -0.15) is 0 Å². The van der Waals surface area contributed by atoms with Crippen LogP contribution in [0.3, 0.4) is 0 Å². The van der Waals surface area contributed by atoms with Gasteiger partial charge in [0.2, 0.25) is 5.91 Å². The van der Waals surface area contributed by atoms with E-state index in [0.717, 1.165) is 32.6 Å². The molecule has 0 aliphatic carbocycles. The summed E-state index contributed by atoms with van der Waals surface area (Å²) >= 11 is 0. The summed E-state index contributed by atoms with van der Waals surface area (Å²) in [5, 5.41) is 1.26. The Kier molecular flexibility index (Phi) is 5.56. The van der Waals surface area contributed by atoms with Crippen LogP contribution in [0.1, 0.15) is 31.7 Å². The van der Waals surface area contributed by atoms with Crippen LogP contribution >= 0.6 is 0 Å². The second-order valence-corrected chi connectivity index (χ2v) is 6.90. The first-order valence-corrected chi connectivity index (χ1v) is 9.21. The van der Waals surface area contributed by atoms with Gasteiger partial charge in [-0.15, -0.1) is 0 Å². The Morgan fingerprint density at radius 2 is 1.92 bits per heavy atom. The van der Waals surface area contributed by atoms with Crippen molar-refractivity contribution < 1.29 is 4.79 Å². The highest BCUT2D eigenvalue weighted by atomic mass is 16.2. The van der Waals surface area contributed by atoms with Gasteiger partial charge < -0.3 is 9.47 Å². The standard InChI is InChI=1S/C20H29N3O/c1-3-4-10-22-12-14-23(15-13-22)20(24)8-6-17-5-7-18-9-11-21(2)19(18)16-17/h5,7,9,11,16H,3-4,6,8,10,12-15H2,1-2H3. The molecule has 2 aromatic rings. The van der Waals surface area contributed by atoms with E-state index >= 15 is 0 Å². The molecule has 1 fully saturated rings. The second kappa shape index (κ2) is 7.84. The van der Waals surface area contributed by atoms with Crippen LogP contribution in [-0.4, -0.2) is 53.0 Å². The predicted octanol–water partition coefficient (Wildman–Crippen LogP) is 3.06. The fourth-order valence-corrected chi connectivity index (χ4v) is 3.48. The van der Waals surface area contributed by atoms with E-state index in [1.807, 2.05) is 4.90 Å². The van der Waals surface area contributed by atoms with Crippen molar-refractivity contribution in [3.63, 3.8) is 0 Å². The fourth-order valence-electron chi connectivity index (χ4n) is 3.48. The van der Waals surface area contributed by atoms with Crippen LogP contribution in [0.2, 0.25) is 0 Å². The average molecular weight is 327 g/mol. The monoisotopic (exact) mass is 327 g/mol. The molecule has 24 heavy (non-hydrogen) atoms. The first-order valence-electron chi connectivity index (χ1n) is 9.21. The number of hydrogen-bond acceptors (Lipinski definition) is 2. The van der Waals surface area contributed by atoms with Crippen LogP contribution in [0.4, 0.5) is 0 Å². The highest BCUT2D eigenvalue weighted by Gasteiger charge is 2.20. The van der Waals surface area contributed by atoms with E-state index < -0.39 is 0 Å². The summed E-state index contributed by atoms with van der Waals surface area (Å²) in [6.07, 6.45) is 6.03. The van der Waals surface area contributed by atoms with Crippen molar-refractivity contribution in [3.8, 4) is 0 Å². The van der Waals surface area contributed by atoms with Crippen molar-refractivity contribution in [1.82, 2.24) is 14.4 Å². The first-order chi connectivity index (χ1) is 11.7. The maximum atomic E-state index is 12.5. The van der Waals surface area contributed by atoms with Gasteiger partial charge in [0.1, 0.15) is 0 Å². The number of benzene rings is 1. The topological polar surface area (TPSA) is 28.5 Å². The molecule has 4 heteroatoms. The van der Waals surface area contributed by atoms with Gasteiger partial charge in [-0.05, 0) is 42.5 Å². The molecule has 3 rings (SSSR count). The molecule has 1 aromatic heterocycles. The van der Waals surface area contributed by atoms with Crippen molar-refractivity contribution in [3.05, 3.63) is 36.0 Å². The van der Waals surface area contributed by atoms with E-state index in [-0.39, 0.29) is 0 Å². The summed E-state index contributed by atoms with van der Waals surface area (Å²) in [5.74, 6) is 0.303.